The Morgan fingerprint density at radius 3 is 2.76 bits per heavy atom. The number of rotatable bonds is 6. The largest absolute Gasteiger partial charge is 0.380 e. The molecule has 0 aliphatic carbocycles. The number of nitrogens with one attached hydrogen (secondary N) is 2. The minimum Gasteiger partial charge on any atom is -0.380 e. The lowest BCUT2D eigenvalue weighted by atomic mass is 10.2. The smallest absolute Gasteiger partial charge is 0.292 e. The standard InChI is InChI=1S/C10H11N5O4S2/c1-2-11-8-5-7(3-4-9(8)15(16)17)21(18,19)13-10-6-12-14-20-10/h3-6,11,13H,2H2,1H3. The first-order valence-corrected chi connectivity index (χ1v) is 8.02. The van der Waals surface area contributed by atoms with Crippen molar-refractivity contribution in [3.8, 4) is 0 Å². The van der Waals surface area contributed by atoms with E-state index in [9.17, 15) is 18.5 Å². The van der Waals surface area contributed by atoms with Crippen molar-refractivity contribution in [2.24, 2.45) is 0 Å². The third-order valence-corrected chi connectivity index (χ3v) is 4.51. The van der Waals surface area contributed by atoms with Gasteiger partial charge in [-0.2, -0.15) is 0 Å². The summed E-state index contributed by atoms with van der Waals surface area (Å²) in [7, 11) is -3.85. The highest BCUT2D eigenvalue weighted by Gasteiger charge is 2.21. The van der Waals surface area contributed by atoms with Crippen molar-refractivity contribution < 1.29 is 13.3 Å². The van der Waals surface area contributed by atoms with Crippen LogP contribution < -0.4 is 10.0 Å². The molecule has 11 heteroatoms. The van der Waals surface area contributed by atoms with Gasteiger partial charge in [0.25, 0.3) is 15.7 Å². The number of aromatic nitrogens is 2. The maximum absolute atomic E-state index is 12.2. The average Bonchev–Trinajstić information content (AvgIpc) is 2.91. The van der Waals surface area contributed by atoms with Crippen molar-refractivity contribution in [2.45, 2.75) is 11.8 Å². The summed E-state index contributed by atoms with van der Waals surface area (Å²) in [5, 5.41) is 17.5. The molecule has 0 radical (unpaired) electrons. The van der Waals surface area contributed by atoms with Crippen LogP contribution in [0, 0.1) is 10.1 Å². The van der Waals surface area contributed by atoms with Gasteiger partial charge in [0, 0.05) is 24.1 Å². The summed E-state index contributed by atoms with van der Waals surface area (Å²) in [5.41, 5.74) is -0.0388. The Labute approximate surface area is 124 Å². The van der Waals surface area contributed by atoms with Crippen molar-refractivity contribution >= 4 is 37.9 Å². The average molecular weight is 329 g/mol. The van der Waals surface area contributed by atoms with Gasteiger partial charge in [-0.1, -0.05) is 4.49 Å². The lowest BCUT2D eigenvalue weighted by Crippen LogP contribution is -2.13. The van der Waals surface area contributed by atoms with Gasteiger partial charge in [-0.3, -0.25) is 14.8 Å². The SMILES string of the molecule is CCNc1cc(S(=O)(=O)Nc2cnns2)ccc1[N+](=O)[O-]. The van der Waals surface area contributed by atoms with E-state index >= 15 is 0 Å². The highest BCUT2D eigenvalue weighted by molar-refractivity contribution is 7.93. The van der Waals surface area contributed by atoms with Crippen LogP contribution in [0.5, 0.6) is 0 Å². The normalized spacial score (nSPS) is 11.1. The van der Waals surface area contributed by atoms with Gasteiger partial charge < -0.3 is 5.32 Å². The quantitative estimate of drug-likeness (QED) is 0.609. The molecule has 0 aliphatic heterocycles. The Balaban J connectivity index is 2.39. The molecule has 0 amide bonds. The molecule has 1 aromatic carbocycles. The van der Waals surface area contributed by atoms with Crippen molar-refractivity contribution in [3.63, 3.8) is 0 Å². The van der Waals surface area contributed by atoms with E-state index in [4.69, 9.17) is 0 Å². The van der Waals surface area contributed by atoms with E-state index in [1.807, 2.05) is 0 Å². The second-order valence-electron chi connectivity index (χ2n) is 3.85. The van der Waals surface area contributed by atoms with Gasteiger partial charge >= 0.3 is 0 Å². The summed E-state index contributed by atoms with van der Waals surface area (Å²) in [6.07, 6.45) is 1.28. The zero-order valence-electron chi connectivity index (χ0n) is 10.8. The number of sulfonamides is 1. The molecule has 0 fully saturated rings. The van der Waals surface area contributed by atoms with E-state index in [1.54, 1.807) is 6.92 Å². The van der Waals surface area contributed by atoms with Crippen molar-refractivity contribution in [1.29, 1.82) is 0 Å². The van der Waals surface area contributed by atoms with Crippen LogP contribution in [-0.4, -0.2) is 29.5 Å². The van der Waals surface area contributed by atoms with Gasteiger partial charge in [-0.15, -0.1) is 5.10 Å². The molecule has 0 bridgehead atoms. The summed E-state index contributed by atoms with van der Waals surface area (Å²) in [4.78, 5) is 10.2. The van der Waals surface area contributed by atoms with Gasteiger partial charge in [-0.25, -0.2) is 8.42 Å². The minimum absolute atomic E-state index is 0.0857. The monoisotopic (exact) mass is 329 g/mol. The Morgan fingerprint density at radius 1 is 1.43 bits per heavy atom. The zero-order valence-corrected chi connectivity index (χ0v) is 12.4. The van der Waals surface area contributed by atoms with Crippen LogP contribution in [0.15, 0.2) is 29.3 Å². The maximum atomic E-state index is 12.2. The van der Waals surface area contributed by atoms with Crippen LogP contribution in [0.3, 0.4) is 0 Å². The fraction of sp³-hybridized carbons (Fsp3) is 0.200. The third-order valence-electron chi connectivity index (χ3n) is 2.44. The molecule has 2 rings (SSSR count). The minimum atomic E-state index is -3.85. The number of benzene rings is 1. The highest BCUT2D eigenvalue weighted by Crippen LogP contribution is 2.28. The number of nitro benzene ring substituents is 1. The summed E-state index contributed by atoms with van der Waals surface area (Å²) >= 11 is 0.892. The molecular formula is C10H11N5O4S2. The summed E-state index contributed by atoms with van der Waals surface area (Å²) in [6.45, 7) is 2.18. The molecule has 112 valence electrons. The molecular weight excluding hydrogens is 318 g/mol. The lowest BCUT2D eigenvalue weighted by molar-refractivity contribution is -0.384. The molecule has 0 saturated carbocycles. The lowest BCUT2D eigenvalue weighted by Gasteiger charge is -2.09. The number of nitro groups is 1. The molecule has 1 aromatic heterocycles. The number of anilines is 2. The first-order valence-electron chi connectivity index (χ1n) is 5.76. The Hall–Kier alpha value is -2.27. The molecule has 2 aromatic rings. The van der Waals surface area contributed by atoms with Crippen LogP contribution in [0.1, 0.15) is 6.92 Å². The van der Waals surface area contributed by atoms with Gasteiger partial charge in [0.2, 0.25) is 0 Å². The first kappa shape index (κ1) is 15.1. The molecule has 0 saturated heterocycles. The third kappa shape index (κ3) is 3.44. The first-order chi connectivity index (χ1) is 9.94. The van der Waals surface area contributed by atoms with Crippen molar-refractivity contribution in [3.05, 3.63) is 34.5 Å². The topological polar surface area (TPSA) is 127 Å². The predicted molar refractivity (Wildman–Crippen MR) is 78.0 cm³/mol. The van der Waals surface area contributed by atoms with Crippen LogP contribution in [0.4, 0.5) is 16.4 Å². The molecule has 9 nitrogen and oxygen atoms in total. The second-order valence-corrected chi connectivity index (χ2v) is 6.32. The maximum Gasteiger partial charge on any atom is 0.292 e. The van der Waals surface area contributed by atoms with Gasteiger partial charge in [0.15, 0.2) is 0 Å². The molecule has 0 unspecified atom stereocenters. The van der Waals surface area contributed by atoms with E-state index in [2.05, 4.69) is 19.6 Å². The number of hydrogen-bond donors (Lipinski definition) is 2. The Bertz CT molecular complexity index is 745. The summed E-state index contributed by atoms with van der Waals surface area (Å²) < 4.78 is 30.2. The predicted octanol–water partition coefficient (Wildman–Crippen LogP) is 1.68. The number of nitrogens with zero attached hydrogens (tertiary/aromatic N) is 3. The molecule has 0 aliphatic rings. The van der Waals surface area contributed by atoms with Crippen LogP contribution in [0.25, 0.3) is 0 Å². The van der Waals surface area contributed by atoms with Crippen LogP contribution in [0.2, 0.25) is 0 Å². The Morgan fingerprint density at radius 2 is 2.19 bits per heavy atom. The fourth-order valence-electron chi connectivity index (χ4n) is 1.58. The summed E-state index contributed by atoms with van der Waals surface area (Å²) in [6, 6.07) is 3.55. The molecule has 0 atom stereocenters. The van der Waals surface area contributed by atoms with Crippen molar-refractivity contribution in [1.82, 2.24) is 9.59 Å². The summed E-state index contributed by atoms with van der Waals surface area (Å²) in [5.74, 6) is 0. The van der Waals surface area contributed by atoms with Gasteiger partial charge in [-0.05, 0) is 19.1 Å². The van der Waals surface area contributed by atoms with E-state index in [0.29, 0.717) is 6.54 Å². The van der Waals surface area contributed by atoms with Gasteiger partial charge in [0.05, 0.1) is 16.0 Å². The Kier molecular flexibility index (Phi) is 4.33. The van der Waals surface area contributed by atoms with Crippen LogP contribution >= 0.6 is 11.5 Å². The highest BCUT2D eigenvalue weighted by atomic mass is 32.2. The molecule has 2 N–H and O–H groups in total. The fourth-order valence-corrected chi connectivity index (χ4v) is 3.29. The van der Waals surface area contributed by atoms with Crippen LogP contribution in [-0.2, 0) is 10.0 Å². The number of hydrogen-bond acceptors (Lipinski definition) is 8. The van der Waals surface area contributed by atoms with Gasteiger partial charge in [0.1, 0.15) is 10.7 Å². The molecule has 0 spiro atoms. The molecule has 21 heavy (non-hydrogen) atoms. The van der Waals surface area contributed by atoms with Crippen molar-refractivity contribution in [2.75, 3.05) is 16.6 Å². The van der Waals surface area contributed by atoms with E-state index in [-0.39, 0.29) is 21.3 Å². The molecule has 1 heterocycles. The zero-order chi connectivity index (χ0) is 15.5. The second kappa shape index (κ2) is 6.01. The van der Waals surface area contributed by atoms with E-state index in [0.717, 1.165) is 17.6 Å². The van der Waals surface area contributed by atoms with E-state index in [1.165, 1.54) is 18.3 Å². The van der Waals surface area contributed by atoms with E-state index < -0.39 is 14.9 Å².